The normalized spacial score (nSPS) is 10.4. The summed E-state index contributed by atoms with van der Waals surface area (Å²) in [5.41, 5.74) is 0.768. The van der Waals surface area contributed by atoms with Crippen LogP contribution in [-0.4, -0.2) is 27.2 Å². The molecule has 1 aromatic heterocycles. The van der Waals surface area contributed by atoms with E-state index in [-0.39, 0.29) is 16.3 Å². The standard InChI is InChI=1S/C13H13ClN4O3/c1-17-7-5-9(16-17)4-6-15-13(19)11-8-10(18(20)21)2-3-12(11)14/h2-3,5,7-8H,4,6H2,1H3,(H,15,19). The van der Waals surface area contributed by atoms with Gasteiger partial charge in [0.25, 0.3) is 11.6 Å². The zero-order valence-corrected chi connectivity index (χ0v) is 12.0. The molecule has 8 heteroatoms. The average Bonchev–Trinajstić information content (AvgIpc) is 2.84. The summed E-state index contributed by atoms with van der Waals surface area (Å²) in [7, 11) is 1.81. The van der Waals surface area contributed by atoms with E-state index in [1.807, 2.05) is 19.3 Å². The molecule has 110 valence electrons. The predicted molar refractivity (Wildman–Crippen MR) is 77.4 cm³/mol. The molecule has 0 saturated heterocycles. The molecule has 7 nitrogen and oxygen atoms in total. The van der Waals surface area contributed by atoms with Crippen LogP contribution in [0.5, 0.6) is 0 Å². The number of hydrogen-bond acceptors (Lipinski definition) is 4. The second-order valence-electron chi connectivity index (χ2n) is 4.41. The monoisotopic (exact) mass is 308 g/mol. The van der Waals surface area contributed by atoms with Crippen molar-refractivity contribution in [1.82, 2.24) is 15.1 Å². The third-order valence-corrected chi connectivity index (χ3v) is 3.17. The summed E-state index contributed by atoms with van der Waals surface area (Å²) in [5.74, 6) is -0.445. The minimum absolute atomic E-state index is 0.0897. The molecule has 0 aliphatic rings. The van der Waals surface area contributed by atoms with Crippen LogP contribution in [0.15, 0.2) is 30.5 Å². The van der Waals surface area contributed by atoms with Crippen LogP contribution in [0, 0.1) is 10.1 Å². The number of halogens is 1. The topological polar surface area (TPSA) is 90.1 Å². The van der Waals surface area contributed by atoms with E-state index in [0.717, 1.165) is 5.69 Å². The number of nitro groups is 1. The molecule has 1 amide bonds. The number of aromatic nitrogens is 2. The zero-order valence-electron chi connectivity index (χ0n) is 11.2. The lowest BCUT2D eigenvalue weighted by atomic mass is 10.2. The van der Waals surface area contributed by atoms with E-state index < -0.39 is 10.8 Å². The van der Waals surface area contributed by atoms with Crippen LogP contribution in [0.2, 0.25) is 5.02 Å². The highest BCUT2D eigenvalue weighted by atomic mass is 35.5. The first-order valence-corrected chi connectivity index (χ1v) is 6.56. The molecule has 21 heavy (non-hydrogen) atoms. The van der Waals surface area contributed by atoms with Gasteiger partial charge in [-0.05, 0) is 12.1 Å². The maximum atomic E-state index is 12.0. The van der Waals surface area contributed by atoms with Gasteiger partial charge in [-0.2, -0.15) is 5.10 Å². The fourth-order valence-corrected chi connectivity index (χ4v) is 2.00. The number of nitro benzene ring substituents is 1. The molecule has 1 aromatic carbocycles. The Bertz CT molecular complexity index is 684. The molecule has 0 bridgehead atoms. The molecular formula is C13H13ClN4O3. The predicted octanol–water partition coefficient (Wildman–Crippen LogP) is 1.95. The maximum absolute atomic E-state index is 12.0. The Kier molecular flexibility index (Phi) is 4.54. The van der Waals surface area contributed by atoms with Crippen LogP contribution in [0.3, 0.4) is 0 Å². The van der Waals surface area contributed by atoms with Crippen molar-refractivity contribution in [2.24, 2.45) is 7.05 Å². The van der Waals surface area contributed by atoms with Crippen molar-refractivity contribution >= 4 is 23.2 Å². The second-order valence-corrected chi connectivity index (χ2v) is 4.82. The number of carbonyl (C=O) groups excluding carboxylic acids is 1. The van der Waals surface area contributed by atoms with Gasteiger partial charge in [-0.15, -0.1) is 0 Å². The van der Waals surface area contributed by atoms with Gasteiger partial charge in [0.15, 0.2) is 0 Å². The van der Waals surface area contributed by atoms with Gasteiger partial charge in [0, 0.05) is 38.3 Å². The van der Waals surface area contributed by atoms with E-state index in [4.69, 9.17) is 11.6 Å². The Morgan fingerprint density at radius 2 is 2.24 bits per heavy atom. The lowest BCUT2D eigenvalue weighted by molar-refractivity contribution is -0.384. The number of hydrogen-bond donors (Lipinski definition) is 1. The van der Waals surface area contributed by atoms with Gasteiger partial charge in [0.05, 0.1) is 21.2 Å². The van der Waals surface area contributed by atoms with Gasteiger partial charge < -0.3 is 5.32 Å². The van der Waals surface area contributed by atoms with E-state index in [2.05, 4.69) is 10.4 Å². The van der Waals surface area contributed by atoms with Gasteiger partial charge >= 0.3 is 0 Å². The second kappa shape index (κ2) is 6.36. The third kappa shape index (κ3) is 3.79. The summed E-state index contributed by atoms with van der Waals surface area (Å²) >= 11 is 5.90. The van der Waals surface area contributed by atoms with Crippen LogP contribution in [0.25, 0.3) is 0 Å². The number of carbonyl (C=O) groups is 1. The van der Waals surface area contributed by atoms with Crippen LogP contribution >= 0.6 is 11.6 Å². The SMILES string of the molecule is Cn1ccc(CCNC(=O)c2cc([N+](=O)[O-])ccc2Cl)n1. The first-order chi connectivity index (χ1) is 9.97. The maximum Gasteiger partial charge on any atom is 0.270 e. The summed E-state index contributed by atoms with van der Waals surface area (Å²) in [6.07, 6.45) is 2.38. The molecule has 0 saturated carbocycles. The summed E-state index contributed by atoms with van der Waals surface area (Å²) in [4.78, 5) is 22.1. The van der Waals surface area contributed by atoms with Gasteiger partial charge in [-0.1, -0.05) is 11.6 Å². The van der Waals surface area contributed by atoms with Crippen molar-refractivity contribution in [2.75, 3.05) is 6.54 Å². The van der Waals surface area contributed by atoms with Crippen molar-refractivity contribution < 1.29 is 9.72 Å². The Hall–Kier alpha value is -2.41. The summed E-state index contributed by atoms with van der Waals surface area (Å²) in [6.45, 7) is 0.370. The van der Waals surface area contributed by atoms with Gasteiger partial charge in [-0.25, -0.2) is 0 Å². The van der Waals surface area contributed by atoms with Crippen molar-refractivity contribution in [1.29, 1.82) is 0 Å². The molecule has 1 N–H and O–H groups in total. The zero-order chi connectivity index (χ0) is 15.4. The van der Waals surface area contributed by atoms with E-state index in [9.17, 15) is 14.9 Å². The largest absolute Gasteiger partial charge is 0.352 e. The number of aryl methyl sites for hydroxylation is 1. The van der Waals surface area contributed by atoms with E-state index >= 15 is 0 Å². The van der Waals surface area contributed by atoms with Gasteiger partial charge in [0.1, 0.15) is 0 Å². The molecule has 0 fully saturated rings. The minimum Gasteiger partial charge on any atom is -0.352 e. The average molecular weight is 309 g/mol. The van der Waals surface area contributed by atoms with Crippen molar-refractivity contribution in [3.05, 3.63) is 56.9 Å². The Morgan fingerprint density at radius 3 is 2.86 bits per heavy atom. The Labute approximate surface area is 125 Å². The molecule has 2 aromatic rings. The molecule has 1 heterocycles. The van der Waals surface area contributed by atoms with E-state index in [0.29, 0.717) is 13.0 Å². The number of amides is 1. The van der Waals surface area contributed by atoms with Gasteiger partial charge in [-0.3, -0.25) is 19.6 Å². The molecule has 0 unspecified atom stereocenters. The molecule has 2 rings (SSSR count). The van der Waals surface area contributed by atoms with E-state index in [1.54, 1.807) is 4.68 Å². The first-order valence-electron chi connectivity index (χ1n) is 6.18. The minimum atomic E-state index is -0.568. The summed E-state index contributed by atoms with van der Waals surface area (Å²) < 4.78 is 1.68. The fourth-order valence-electron chi connectivity index (χ4n) is 1.80. The molecular weight excluding hydrogens is 296 g/mol. The molecule has 0 radical (unpaired) electrons. The first kappa shape index (κ1) is 15.0. The molecule has 0 spiro atoms. The highest BCUT2D eigenvalue weighted by Crippen LogP contribution is 2.21. The number of nitrogens with zero attached hydrogens (tertiary/aromatic N) is 3. The van der Waals surface area contributed by atoms with Crippen molar-refractivity contribution in [3.63, 3.8) is 0 Å². The summed E-state index contributed by atoms with van der Waals surface area (Å²) in [6, 6.07) is 5.62. The molecule has 0 aliphatic heterocycles. The highest BCUT2D eigenvalue weighted by molar-refractivity contribution is 6.33. The number of rotatable bonds is 5. The van der Waals surface area contributed by atoms with Crippen molar-refractivity contribution in [3.8, 4) is 0 Å². The molecule has 0 aliphatic carbocycles. The fraction of sp³-hybridized carbons (Fsp3) is 0.231. The summed E-state index contributed by atoms with van der Waals surface area (Å²) in [5, 5.41) is 17.7. The van der Waals surface area contributed by atoms with Crippen LogP contribution in [0.1, 0.15) is 16.1 Å². The van der Waals surface area contributed by atoms with E-state index in [1.165, 1.54) is 18.2 Å². The van der Waals surface area contributed by atoms with Gasteiger partial charge in [0.2, 0.25) is 0 Å². The van der Waals surface area contributed by atoms with Crippen LogP contribution in [-0.2, 0) is 13.5 Å². The highest BCUT2D eigenvalue weighted by Gasteiger charge is 2.15. The number of benzene rings is 1. The Morgan fingerprint density at radius 1 is 1.48 bits per heavy atom. The molecule has 0 atom stereocenters. The van der Waals surface area contributed by atoms with Crippen LogP contribution < -0.4 is 5.32 Å². The number of nitrogens with one attached hydrogen (secondary N) is 1. The smallest absolute Gasteiger partial charge is 0.270 e. The lowest BCUT2D eigenvalue weighted by Crippen LogP contribution is -2.26. The van der Waals surface area contributed by atoms with Crippen LogP contribution in [0.4, 0.5) is 5.69 Å². The lowest BCUT2D eigenvalue weighted by Gasteiger charge is -2.06. The Balaban J connectivity index is 1.99. The number of non-ortho nitro benzene ring substituents is 1. The third-order valence-electron chi connectivity index (χ3n) is 2.84. The van der Waals surface area contributed by atoms with Crippen molar-refractivity contribution in [2.45, 2.75) is 6.42 Å². The quantitative estimate of drug-likeness (QED) is 0.675.